The first kappa shape index (κ1) is 11.4. The predicted molar refractivity (Wildman–Crippen MR) is 69.8 cm³/mol. The fourth-order valence-corrected chi connectivity index (χ4v) is 2.72. The third kappa shape index (κ3) is 2.29. The third-order valence-corrected chi connectivity index (χ3v) is 3.57. The maximum atomic E-state index is 4.46. The second kappa shape index (κ2) is 4.90. The fourth-order valence-electron chi connectivity index (χ4n) is 2.72. The second-order valence-electron chi connectivity index (χ2n) is 4.90. The zero-order chi connectivity index (χ0) is 12.4. The van der Waals surface area contributed by atoms with Crippen molar-refractivity contribution in [1.82, 2.24) is 19.7 Å². The molecule has 2 aromatic heterocycles. The van der Waals surface area contributed by atoms with Gasteiger partial charge in [-0.1, -0.05) is 6.07 Å². The molecule has 0 spiro atoms. The molecule has 1 unspecified atom stereocenters. The van der Waals surface area contributed by atoms with Crippen molar-refractivity contribution >= 4 is 0 Å². The number of hydrogen-bond acceptors (Lipinski definition) is 3. The Morgan fingerprint density at radius 3 is 3.06 bits per heavy atom. The van der Waals surface area contributed by atoms with Crippen LogP contribution >= 0.6 is 0 Å². The van der Waals surface area contributed by atoms with Gasteiger partial charge < -0.3 is 0 Å². The Kier molecular flexibility index (Phi) is 3.11. The lowest BCUT2D eigenvalue weighted by molar-refractivity contribution is 0.244. The SMILES string of the molecule is Cn1ccc(CN2CCCC2c2cccnc2)n1. The Morgan fingerprint density at radius 2 is 2.33 bits per heavy atom. The summed E-state index contributed by atoms with van der Waals surface area (Å²) < 4.78 is 1.87. The lowest BCUT2D eigenvalue weighted by Gasteiger charge is -2.23. The number of aromatic nitrogens is 3. The molecule has 3 heterocycles. The van der Waals surface area contributed by atoms with E-state index in [-0.39, 0.29) is 0 Å². The summed E-state index contributed by atoms with van der Waals surface area (Å²) in [5, 5.41) is 4.46. The van der Waals surface area contributed by atoms with Crippen LogP contribution < -0.4 is 0 Å². The molecule has 94 valence electrons. The van der Waals surface area contributed by atoms with Gasteiger partial charge in [-0.25, -0.2) is 0 Å². The van der Waals surface area contributed by atoms with Gasteiger partial charge in [-0.3, -0.25) is 14.6 Å². The number of rotatable bonds is 3. The topological polar surface area (TPSA) is 34.0 Å². The average Bonchev–Trinajstić information content (AvgIpc) is 3.00. The lowest BCUT2D eigenvalue weighted by Crippen LogP contribution is -2.23. The lowest BCUT2D eigenvalue weighted by atomic mass is 10.1. The van der Waals surface area contributed by atoms with Crippen LogP contribution in [0.2, 0.25) is 0 Å². The molecular formula is C14H18N4. The Bertz CT molecular complexity index is 506. The summed E-state index contributed by atoms with van der Waals surface area (Å²) in [5.74, 6) is 0. The van der Waals surface area contributed by atoms with E-state index in [1.54, 1.807) is 0 Å². The molecular weight excluding hydrogens is 224 g/mol. The highest BCUT2D eigenvalue weighted by molar-refractivity contribution is 5.16. The van der Waals surface area contributed by atoms with Gasteiger partial charge in [0, 0.05) is 38.2 Å². The summed E-state index contributed by atoms with van der Waals surface area (Å²) >= 11 is 0. The van der Waals surface area contributed by atoms with Gasteiger partial charge in [0.1, 0.15) is 0 Å². The van der Waals surface area contributed by atoms with Crippen LogP contribution in [0.15, 0.2) is 36.8 Å². The highest BCUT2D eigenvalue weighted by atomic mass is 15.3. The molecule has 0 bridgehead atoms. The van der Waals surface area contributed by atoms with Crippen molar-refractivity contribution in [1.29, 1.82) is 0 Å². The molecule has 0 saturated carbocycles. The van der Waals surface area contributed by atoms with Gasteiger partial charge in [-0.15, -0.1) is 0 Å². The van der Waals surface area contributed by atoms with Crippen LogP contribution in [0.5, 0.6) is 0 Å². The minimum Gasteiger partial charge on any atom is -0.290 e. The van der Waals surface area contributed by atoms with Crippen LogP contribution in [-0.2, 0) is 13.6 Å². The quantitative estimate of drug-likeness (QED) is 0.827. The first-order chi connectivity index (χ1) is 8.83. The van der Waals surface area contributed by atoms with E-state index in [1.165, 1.54) is 18.4 Å². The number of hydrogen-bond donors (Lipinski definition) is 0. The summed E-state index contributed by atoms with van der Waals surface area (Å²) in [6.07, 6.45) is 8.30. The molecule has 1 aliphatic heterocycles. The normalized spacial score (nSPS) is 20.4. The van der Waals surface area contributed by atoms with Crippen molar-refractivity contribution in [3.63, 3.8) is 0 Å². The Labute approximate surface area is 107 Å². The zero-order valence-electron chi connectivity index (χ0n) is 10.7. The van der Waals surface area contributed by atoms with Crippen molar-refractivity contribution in [2.45, 2.75) is 25.4 Å². The maximum Gasteiger partial charge on any atom is 0.0764 e. The predicted octanol–water partition coefficient (Wildman–Crippen LogP) is 2.15. The van der Waals surface area contributed by atoms with E-state index in [1.807, 2.05) is 36.4 Å². The molecule has 0 radical (unpaired) electrons. The third-order valence-electron chi connectivity index (χ3n) is 3.57. The molecule has 4 nitrogen and oxygen atoms in total. The summed E-state index contributed by atoms with van der Waals surface area (Å²) in [6, 6.07) is 6.79. The minimum absolute atomic E-state index is 0.501. The van der Waals surface area contributed by atoms with E-state index < -0.39 is 0 Å². The number of aryl methyl sites for hydroxylation is 1. The summed E-state index contributed by atoms with van der Waals surface area (Å²) in [6.45, 7) is 2.08. The Morgan fingerprint density at radius 1 is 1.39 bits per heavy atom. The number of nitrogens with zero attached hydrogens (tertiary/aromatic N) is 4. The van der Waals surface area contributed by atoms with Gasteiger partial charge in [0.2, 0.25) is 0 Å². The molecule has 2 aromatic rings. The number of likely N-dealkylation sites (tertiary alicyclic amines) is 1. The van der Waals surface area contributed by atoms with Crippen molar-refractivity contribution < 1.29 is 0 Å². The molecule has 18 heavy (non-hydrogen) atoms. The first-order valence-corrected chi connectivity index (χ1v) is 6.45. The van der Waals surface area contributed by atoms with Crippen LogP contribution in [0.3, 0.4) is 0 Å². The average molecular weight is 242 g/mol. The van der Waals surface area contributed by atoms with E-state index in [0.29, 0.717) is 6.04 Å². The molecule has 1 fully saturated rings. The Balaban J connectivity index is 1.75. The molecule has 0 aromatic carbocycles. The monoisotopic (exact) mass is 242 g/mol. The summed E-state index contributed by atoms with van der Waals surface area (Å²) in [5.41, 5.74) is 2.47. The highest BCUT2D eigenvalue weighted by Crippen LogP contribution is 2.32. The molecule has 0 aliphatic carbocycles. The van der Waals surface area contributed by atoms with E-state index in [9.17, 15) is 0 Å². The van der Waals surface area contributed by atoms with Crippen molar-refractivity contribution in [3.05, 3.63) is 48.0 Å². The van der Waals surface area contributed by atoms with Crippen molar-refractivity contribution in [3.8, 4) is 0 Å². The van der Waals surface area contributed by atoms with Gasteiger partial charge in [0.15, 0.2) is 0 Å². The standard InChI is InChI=1S/C14H18N4/c1-17-9-6-13(16-17)11-18-8-3-5-14(18)12-4-2-7-15-10-12/h2,4,6-7,9-10,14H,3,5,8,11H2,1H3. The molecule has 0 amide bonds. The summed E-state index contributed by atoms with van der Waals surface area (Å²) in [7, 11) is 1.96. The molecule has 0 N–H and O–H groups in total. The molecule has 1 atom stereocenters. The zero-order valence-corrected chi connectivity index (χ0v) is 10.7. The first-order valence-electron chi connectivity index (χ1n) is 6.45. The van der Waals surface area contributed by atoms with Crippen LogP contribution in [0.4, 0.5) is 0 Å². The summed E-state index contributed by atoms with van der Waals surface area (Å²) in [4.78, 5) is 6.73. The molecule has 4 heteroatoms. The van der Waals surface area contributed by atoms with E-state index in [4.69, 9.17) is 0 Å². The largest absolute Gasteiger partial charge is 0.290 e. The van der Waals surface area contributed by atoms with Crippen LogP contribution in [0.25, 0.3) is 0 Å². The minimum atomic E-state index is 0.501. The smallest absolute Gasteiger partial charge is 0.0764 e. The van der Waals surface area contributed by atoms with Crippen LogP contribution in [0, 0.1) is 0 Å². The van der Waals surface area contributed by atoms with Gasteiger partial charge in [0.25, 0.3) is 0 Å². The van der Waals surface area contributed by atoms with Crippen LogP contribution in [0.1, 0.15) is 30.1 Å². The van der Waals surface area contributed by atoms with E-state index >= 15 is 0 Å². The van der Waals surface area contributed by atoms with Gasteiger partial charge in [-0.2, -0.15) is 5.10 Å². The van der Waals surface area contributed by atoms with Gasteiger partial charge >= 0.3 is 0 Å². The van der Waals surface area contributed by atoms with Gasteiger partial charge in [0.05, 0.1) is 5.69 Å². The van der Waals surface area contributed by atoms with Crippen molar-refractivity contribution in [2.75, 3.05) is 6.54 Å². The highest BCUT2D eigenvalue weighted by Gasteiger charge is 2.26. The fraction of sp³-hybridized carbons (Fsp3) is 0.429. The van der Waals surface area contributed by atoms with Gasteiger partial charge in [-0.05, 0) is 37.1 Å². The number of pyridine rings is 1. The second-order valence-corrected chi connectivity index (χ2v) is 4.90. The Hall–Kier alpha value is -1.68. The molecule has 1 saturated heterocycles. The van der Waals surface area contributed by atoms with Crippen molar-refractivity contribution in [2.24, 2.45) is 7.05 Å². The molecule has 3 rings (SSSR count). The van der Waals surface area contributed by atoms with E-state index in [2.05, 4.69) is 27.1 Å². The van der Waals surface area contributed by atoms with E-state index in [0.717, 1.165) is 18.8 Å². The van der Waals surface area contributed by atoms with Crippen LogP contribution in [-0.4, -0.2) is 26.2 Å². The molecule has 1 aliphatic rings. The maximum absolute atomic E-state index is 4.46.